The number of hydrogen-bond acceptors (Lipinski definition) is 3. The van der Waals surface area contributed by atoms with E-state index in [0.29, 0.717) is 0 Å². The number of carboxylic acids is 1. The highest BCUT2D eigenvalue weighted by molar-refractivity contribution is 6.32. The summed E-state index contributed by atoms with van der Waals surface area (Å²) in [6.45, 7) is 2.98. The van der Waals surface area contributed by atoms with Gasteiger partial charge in [0.15, 0.2) is 5.75 Å². The van der Waals surface area contributed by atoms with E-state index in [0.717, 1.165) is 12.2 Å². The molecule has 5 nitrogen and oxygen atoms in total. The van der Waals surface area contributed by atoms with Gasteiger partial charge in [-0.15, -0.1) is 0 Å². The fourth-order valence-corrected chi connectivity index (χ4v) is 1.95. The van der Waals surface area contributed by atoms with Crippen LogP contribution >= 0.6 is 11.6 Å². The van der Waals surface area contributed by atoms with Crippen molar-refractivity contribution in [3.8, 4) is 5.75 Å². The molecule has 0 aliphatic rings. The first kappa shape index (κ1) is 13.4. The summed E-state index contributed by atoms with van der Waals surface area (Å²) in [5.74, 6) is -0.887. The van der Waals surface area contributed by atoms with Crippen LogP contribution in [0.4, 0.5) is 0 Å². The lowest BCUT2D eigenvalue weighted by molar-refractivity contribution is 0.0691. The number of carbonyl (C=O) groups is 1. The van der Waals surface area contributed by atoms with Gasteiger partial charge < -0.3 is 14.4 Å². The minimum atomic E-state index is -1.07. The van der Waals surface area contributed by atoms with Crippen molar-refractivity contribution in [2.24, 2.45) is 0 Å². The average molecular weight is 281 g/mol. The Morgan fingerprint density at radius 1 is 1.53 bits per heavy atom. The predicted molar refractivity (Wildman–Crippen MR) is 70.6 cm³/mol. The summed E-state index contributed by atoms with van der Waals surface area (Å²) in [5.41, 5.74) is 0.911. The molecule has 0 saturated carbocycles. The number of ether oxygens (including phenoxy) is 1. The zero-order chi connectivity index (χ0) is 13.8. The molecule has 0 atom stereocenters. The molecule has 0 fully saturated rings. The topological polar surface area (TPSA) is 64.4 Å². The van der Waals surface area contributed by atoms with Gasteiger partial charge in [-0.1, -0.05) is 17.7 Å². The number of benzene rings is 1. The van der Waals surface area contributed by atoms with Crippen molar-refractivity contribution >= 4 is 17.6 Å². The Kier molecular flexibility index (Phi) is 4.06. The van der Waals surface area contributed by atoms with Gasteiger partial charge in [0, 0.05) is 6.54 Å². The Morgan fingerprint density at radius 2 is 2.32 bits per heavy atom. The van der Waals surface area contributed by atoms with Crippen LogP contribution in [0.1, 0.15) is 23.0 Å². The normalized spacial score (nSPS) is 10.4. The van der Waals surface area contributed by atoms with Crippen LogP contribution in [-0.4, -0.2) is 20.6 Å². The third-order valence-corrected chi connectivity index (χ3v) is 3.00. The minimum absolute atomic E-state index is 0.0510. The number of nitrogens with zero attached hydrogens (tertiary/aromatic N) is 2. The lowest BCUT2D eigenvalue weighted by atomic mass is 10.2. The van der Waals surface area contributed by atoms with E-state index in [2.05, 4.69) is 4.98 Å². The molecule has 1 aromatic carbocycles. The Labute approximate surface area is 115 Å². The SMILES string of the molecule is CCn1cncc1COc1c(Cl)cccc1C(=O)O. The summed E-state index contributed by atoms with van der Waals surface area (Å²) >= 11 is 5.98. The van der Waals surface area contributed by atoms with Gasteiger partial charge in [-0.2, -0.15) is 0 Å². The molecule has 0 spiro atoms. The molecule has 0 radical (unpaired) electrons. The molecule has 0 saturated heterocycles. The lowest BCUT2D eigenvalue weighted by Gasteiger charge is -2.11. The number of imidazole rings is 1. The molecule has 1 heterocycles. The van der Waals surface area contributed by atoms with Crippen molar-refractivity contribution in [2.75, 3.05) is 0 Å². The molecule has 0 aliphatic heterocycles. The van der Waals surface area contributed by atoms with E-state index >= 15 is 0 Å². The van der Waals surface area contributed by atoms with E-state index in [1.165, 1.54) is 6.07 Å². The van der Waals surface area contributed by atoms with Gasteiger partial charge in [0.05, 0.1) is 23.2 Å². The van der Waals surface area contributed by atoms with E-state index in [9.17, 15) is 4.79 Å². The maximum absolute atomic E-state index is 11.1. The van der Waals surface area contributed by atoms with E-state index in [4.69, 9.17) is 21.4 Å². The molecular formula is C13H13ClN2O3. The van der Waals surface area contributed by atoms with Crippen LogP contribution in [0.25, 0.3) is 0 Å². The highest BCUT2D eigenvalue weighted by Gasteiger charge is 2.15. The molecule has 19 heavy (non-hydrogen) atoms. The number of aromatic nitrogens is 2. The maximum Gasteiger partial charge on any atom is 0.339 e. The van der Waals surface area contributed by atoms with Gasteiger partial charge in [-0.05, 0) is 19.1 Å². The molecule has 0 amide bonds. The number of rotatable bonds is 5. The largest absolute Gasteiger partial charge is 0.485 e. The Morgan fingerprint density at radius 3 is 3.00 bits per heavy atom. The van der Waals surface area contributed by atoms with Crippen molar-refractivity contribution in [2.45, 2.75) is 20.1 Å². The molecule has 0 unspecified atom stereocenters. The molecule has 0 aliphatic carbocycles. The third-order valence-electron chi connectivity index (χ3n) is 2.70. The molecule has 2 aromatic rings. The Hall–Kier alpha value is -2.01. The van der Waals surface area contributed by atoms with E-state index in [-0.39, 0.29) is 22.9 Å². The molecule has 0 bridgehead atoms. The molecule has 1 N–H and O–H groups in total. The Bertz CT molecular complexity index is 595. The van der Waals surface area contributed by atoms with Crippen molar-refractivity contribution in [1.29, 1.82) is 0 Å². The summed E-state index contributed by atoms with van der Waals surface area (Å²) in [6.07, 6.45) is 3.38. The molecule has 100 valence electrons. The van der Waals surface area contributed by atoms with Gasteiger partial charge in [-0.25, -0.2) is 9.78 Å². The highest BCUT2D eigenvalue weighted by Crippen LogP contribution is 2.29. The monoisotopic (exact) mass is 280 g/mol. The van der Waals surface area contributed by atoms with Crippen molar-refractivity contribution in [3.05, 3.63) is 47.0 Å². The predicted octanol–water partition coefficient (Wildman–Crippen LogP) is 2.83. The fourth-order valence-electron chi connectivity index (χ4n) is 1.72. The second kappa shape index (κ2) is 5.75. The number of aromatic carboxylic acids is 1. The van der Waals surface area contributed by atoms with Crippen molar-refractivity contribution in [3.63, 3.8) is 0 Å². The van der Waals surface area contributed by atoms with Crippen LogP contribution in [0.2, 0.25) is 5.02 Å². The van der Waals surface area contributed by atoms with Crippen LogP contribution in [0.15, 0.2) is 30.7 Å². The van der Waals surface area contributed by atoms with Crippen LogP contribution in [0.5, 0.6) is 5.75 Å². The van der Waals surface area contributed by atoms with Crippen LogP contribution in [0.3, 0.4) is 0 Å². The average Bonchev–Trinajstić information content (AvgIpc) is 2.84. The number of para-hydroxylation sites is 1. The second-order valence-electron chi connectivity index (χ2n) is 3.88. The van der Waals surface area contributed by atoms with E-state index in [1.807, 2.05) is 11.5 Å². The summed E-state index contributed by atoms with van der Waals surface area (Å²) in [4.78, 5) is 15.1. The van der Waals surface area contributed by atoms with Crippen molar-refractivity contribution in [1.82, 2.24) is 9.55 Å². The zero-order valence-electron chi connectivity index (χ0n) is 10.3. The summed E-state index contributed by atoms with van der Waals surface area (Å²) in [7, 11) is 0. The quantitative estimate of drug-likeness (QED) is 0.915. The minimum Gasteiger partial charge on any atom is -0.485 e. The molecular weight excluding hydrogens is 268 g/mol. The summed E-state index contributed by atoms with van der Waals surface area (Å²) in [6, 6.07) is 4.63. The van der Waals surface area contributed by atoms with Crippen LogP contribution < -0.4 is 4.74 Å². The van der Waals surface area contributed by atoms with E-state index in [1.54, 1.807) is 24.7 Å². The third kappa shape index (κ3) is 2.88. The smallest absolute Gasteiger partial charge is 0.339 e. The standard InChI is InChI=1S/C13H13ClN2O3/c1-2-16-8-15-6-9(16)7-19-12-10(13(17)18)4-3-5-11(12)14/h3-6,8H,2,7H2,1H3,(H,17,18). The van der Waals surface area contributed by atoms with Gasteiger partial charge in [-0.3, -0.25) is 0 Å². The zero-order valence-corrected chi connectivity index (χ0v) is 11.1. The first-order valence-electron chi connectivity index (χ1n) is 5.77. The van der Waals surface area contributed by atoms with Crippen LogP contribution in [0, 0.1) is 0 Å². The second-order valence-corrected chi connectivity index (χ2v) is 4.29. The molecule has 2 rings (SSSR count). The number of aryl methyl sites for hydroxylation is 1. The Balaban J connectivity index is 2.22. The van der Waals surface area contributed by atoms with Gasteiger partial charge in [0.2, 0.25) is 0 Å². The van der Waals surface area contributed by atoms with Gasteiger partial charge in [0.25, 0.3) is 0 Å². The van der Waals surface area contributed by atoms with Crippen LogP contribution in [-0.2, 0) is 13.2 Å². The van der Waals surface area contributed by atoms with Gasteiger partial charge >= 0.3 is 5.97 Å². The van der Waals surface area contributed by atoms with Gasteiger partial charge in [0.1, 0.15) is 12.2 Å². The summed E-state index contributed by atoms with van der Waals surface area (Å²) in [5, 5.41) is 9.37. The number of carboxylic acid groups (broad SMARTS) is 1. The molecule has 6 heteroatoms. The first-order valence-corrected chi connectivity index (χ1v) is 6.15. The molecule has 1 aromatic heterocycles. The fraction of sp³-hybridized carbons (Fsp3) is 0.231. The lowest BCUT2D eigenvalue weighted by Crippen LogP contribution is -2.07. The summed E-state index contributed by atoms with van der Waals surface area (Å²) < 4.78 is 7.46. The van der Waals surface area contributed by atoms with Crippen molar-refractivity contribution < 1.29 is 14.6 Å². The first-order chi connectivity index (χ1) is 9.13. The highest BCUT2D eigenvalue weighted by atomic mass is 35.5. The number of halogens is 1. The number of hydrogen-bond donors (Lipinski definition) is 1. The maximum atomic E-state index is 11.1. The van der Waals surface area contributed by atoms with E-state index < -0.39 is 5.97 Å².